The highest BCUT2D eigenvalue weighted by Gasteiger charge is 2.66. The van der Waals surface area contributed by atoms with Crippen LogP contribution >= 0.6 is 0 Å². The zero-order chi connectivity index (χ0) is 29.3. The second-order valence-electron chi connectivity index (χ2n) is 13.5. The number of piperidine rings is 1. The number of hydrogen-bond acceptors (Lipinski definition) is 5. The van der Waals surface area contributed by atoms with Crippen molar-refractivity contribution in [3.63, 3.8) is 0 Å². The van der Waals surface area contributed by atoms with Gasteiger partial charge in [0.05, 0.1) is 12.7 Å². The van der Waals surface area contributed by atoms with Crippen molar-refractivity contribution < 1.29 is 19.1 Å². The van der Waals surface area contributed by atoms with E-state index in [0.29, 0.717) is 36.2 Å². The summed E-state index contributed by atoms with van der Waals surface area (Å²) in [6.45, 7) is 4.81. The molecule has 222 valence electrons. The average Bonchev–Trinajstić information content (AvgIpc) is 3.77. The summed E-state index contributed by atoms with van der Waals surface area (Å²) >= 11 is 0. The molecule has 2 heterocycles. The molecule has 1 spiro atoms. The Morgan fingerprint density at radius 2 is 1.88 bits per heavy atom. The first kappa shape index (κ1) is 26.9. The molecule has 0 aromatic heterocycles. The molecule has 2 aliphatic heterocycles. The zero-order valence-electron chi connectivity index (χ0n) is 25.2. The summed E-state index contributed by atoms with van der Waals surface area (Å²) in [4.78, 5) is 29.6. The Bertz CT molecular complexity index is 1610. The van der Waals surface area contributed by atoms with Crippen molar-refractivity contribution in [2.75, 3.05) is 26.7 Å². The Hall–Kier alpha value is -3.64. The van der Waals surface area contributed by atoms with Crippen molar-refractivity contribution in [3.8, 4) is 22.6 Å². The van der Waals surface area contributed by atoms with E-state index in [-0.39, 0.29) is 17.1 Å². The molecule has 3 aromatic rings. The van der Waals surface area contributed by atoms with E-state index in [2.05, 4.69) is 59.6 Å². The molecule has 8 rings (SSSR count). The van der Waals surface area contributed by atoms with Crippen LogP contribution in [0.1, 0.15) is 64.7 Å². The molecule has 3 aromatic carbocycles. The number of benzene rings is 3. The third-order valence-corrected chi connectivity index (χ3v) is 11.1. The molecule has 2 bridgehead atoms. The van der Waals surface area contributed by atoms with Crippen LogP contribution in [-0.2, 0) is 23.1 Å². The number of nitrogens with zero attached hydrogens (tertiary/aromatic N) is 1. The van der Waals surface area contributed by atoms with Crippen LogP contribution in [0.25, 0.3) is 11.1 Å². The summed E-state index contributed by atoms with van der Waals surface area (Å²) in [6, 6.07) is 19.3. The molecular formula is C37H40N2O4. The van der Waals surface area contributed by atoms with Crippen LogP contribution in [0.5, 0.6) is 11.5 Å². The van der Waals surface area contributed by atoms with Gasteiger partial charge in [0.15, 0.2) is 11.9 Å². The van der Waals surface area contributed by atoms with E-state index in [1.54, 1.807) is 7.11 Å². The van der Waals surface area contributed by atoms with Crippen molar-refractivity contribution in [1.82, 2.24) is 10.2 Å². The molecule has 3 fully saturated rings. The number of hydrogen-bond donors (Lipinski definition) is 1. The van der Waals surface area contributed by atoms with Gasteiger partial charge in [-0.3, -0.25) is 14.5 Å². The summed E-state index contributed by atoms with van der Waals surface area (Å²) in [5.74, 6) is 2.97. The molecule has 4 atom stereocenters. The molecule has 1 saturated heterocycles. The minimum absolute atomic E-state index is 0.115. The quantitative estimate of drug-likeness (QED) is 0.375. The molecule has 2 saturated carbocycles. The molecule has 6 heteroatoms. The van der Waals surface area contributed by atoms with Crippen LogP contribution in [0, 0.1) is 18.8 Å². The minimum Gasteiger partial charge on any atom is -0.496 e. The van der Waals surface area contributed by atoms with Crippen LogP contribution in [0.3, 0.4) is 0 Å². The SMILES string of the molecule is COc1ccc(-c2ccc(CCNC(=O)c3ccc4c5c3O[C@H]3C(=O)CC[C@H]6[C@@H](C4)N(CC4CC4)CC[C@]536)cc2)cc1C. The van der Waals surface area contributed by atoms with Gasteiger partial charge in [0.1, 0.15) is 11.5 Å². The number of ketones is 1. The molecule has 1 amide bonds. The van der Waals surface area contributed by atoms with E-state index in [1.165, 1.54) is 36.1 Å². The Kier molecular flexibility index (Phi) is 6.41. The molecule has 43 heavy (non-hydrogen) atoms. The number of Topliss-reactive ketones (excluding diaryl/α,β-unsaturated/α-hetero) is 1. The van der Waals surface area contributed by atoms with Gasteiger partial charge < -0.3 is 14.8 Å². The first-order chi connectivity index (χ1) is 21.0. The molecule has 3 aliphatic carbocycles. The molecule has 0 radical (unpaired) electrons. The summed E-state index contributed by atoms with van der Waals surface area (Å²) < 4.78 is 12.0. The lowest BCUT2D eigenvalue weighted by molar-refractivity contribution is -0.138. The van der Waals surface area contributed by atoms with E-state index in [9.17, 15) is 9.59 Å². The maximum absolute atomic E-state index is 13.6. The van der Waals surface area contributed by atoms with Gasteiger partial charge in [-0.15, -0.1) is 0 Å². The first-order valence-corrected chi connectivity index (χ1v) is 16.1. The van der Waals surface area contributed by atoms with E-state index in [1.807, 2.05) is 12.1 Å². The predicted molar refractivity (Wildman–Crippen MR) is 166 cm³/mol. The monoisotopic (exact) mass is 576 g/mol. The zero-order valence-corrected chi connectivity index (χ0v) is 25.2. The summed E-state index contributed by atoms with van der Waals surface area (Å²) in [5, 5.41) is 3.15. The van der Waals surface area contributed by atoms with E-state index in [0.717, 1.165) is 60.6 Å². The number of ether oxygens (including phenoxy) is 2. The Labute approximate surface area is 253 Å². The number of carbonyl (C=O) groups excluding carboxylic acids is 2. The van der Waals surface area contributed by atoms with E-state index in [4.69, 9.17) is 9.47 Å². The summed E-state index contributed by atoms with van der Waals surface area (Å²) in [7, 11) is 1.69. The minimum atomic E-state index is -0.437. The van der Waals surface area contributed by atoms with Gasteiger partial charge in [-0.25, -0.2) is 0 Å². The van der Waals surface area contributed by atoms with Crippen molar-refractivity contribution in [1.29, 1.82) is 0 Å². The molecule has 1 N–H and O–H groups in total. The standard InChI is InChI=1S/C37H40N2O4/c1-22-19-26(10-14-32(22)42-2)25-7-5-23(6-8-25)15-17-38-36(41)28-11-9-27-20-30-29-12-13-31(40)35-37(29,33(27)34(28)43-35)16-18-39(30)21-24-3-4-24/h5-11,14,19,24,29-30,35H,3-4,12-13,15-18,20-21H2,1-2H3,(H,38,41)/t29-,30+,35-,37-/m0/s1. The number of aryl methyl sites for hydroxylation is 1. The van der Waals surface area contributed by atoms with Gasteiger partial charge in [-0.1, -0.05) is 36.4 Å². The van der Waals surface area contributed by atoms with Crippen molar-refractivity contribution in [2.24, 2.45) is 11.8 Å². The van der Waals surface area contributed by atoms with Crippen molar-refractivity contribution in [3.05, 3.63) is 82.4 Å². The second-order valence-corrected chi connectivity index (χ2v) is 13.5. The third kappa shape index (κ3) is 4.32. The van der Waals surface area contributed by atoms with Gasteiger partial charge in [-0.2, -0.15) is 0 Å². The number of amides is 1. The number of carbonyl (C=O) groups is 2. The second kappa shape index (κ2) is 10.2. The number of nitrogens with one attached hydrogen (secondary N) is 1. The van der Waals surface area contributed by atoms with Gasteiger partial charge in [-0.05, 0) is 110 Å². The van der Waals surface area contributed by atoms with Gasteiger partial charge in [0, 0.05) is 36.5 Å². The Morgan fingerprint density at radius 1 is 1.07 bits per heavy atom. The number of likely N-dealkylation sites (tertiary alicyclic amines) is 1. The normalized spacial score (nSPS) is 26.9. The highest BCUT2D eigenvalue weighted by Crippen LogP contribution is 2.62. The van der Waals surface area contributed by atoms with E-state index < -0.39 is 6.10 Å². The lowest BCUT2D eigenvalue weighted by atomic mass is 9.51. The van der Waals surface area contributed by atoms with Crippen LogP contribution in [0.2, 0.25) is 0 Å². The molecule has 6 nitrogen and oxygen atoms in total. The highest BCUT2D eigenvalue weighted by molar-refractivity contribution is 5.99. The number of methoxy groups -OCH3 is 1. The van der Waals surface area contributed by atoms with Gasteiger partial charge >= 0.3 is 0 Å². The lowest BCUT2D eigenvalue weighted by Crippen LogP contribution is -2.66. The van der Waals surface area contributed by atoms with Crippen molar-refractivity contribution in [2.45, 2.75) is 69.4 Å². The van der Waals surface area contributed by atoms with Gasteiger partial charge in [0.25, 0.3) is 5.91 Å². The van der Waals surface area contributed by atoms with E-state index >= 15 is 0 Å². The van der Waals surface area contributed by atoms with Gasteiger partial charge in [0.2, 0.25) is 0 Å². The fraction of sp³-hybridized carbons (Fsp3) is 0.459. The maximum atomic E-state index is 13.6. The average molecular weight is 577 g/mol. The Morgan fingerprint density at radius 3 is 2.65 bits per heavy atom. The molecular weight excluding hydrogens is 536 g/mol. The fourth-order valence-corrected chi connectivity index (χ4v) is 8.80. The van der Waals surface area contributed by atoms with Crippen LogP contribution in [0.15, 0.2) is 54.6 Å². The fourth-order valence-electron chi connectivity index (χ4n) is 8.80. The molecule has 5 aliphatic rings. The van der Waals surface area contributed by atoms with Crippen LogP contribution in [0.4, 0.5) is 0 Å². The number of rotatable bonds is 8. The van der Waals surface area contributed by atoms with Crippen LogP contribution in [-0.4, -0.2) is 55.5 Å². The summed E-state index contributed by atoms with van der Waals surface area (Å²) in [5.41, 5.74) is 7.39. The Balaban J connectivity index is 0.990. The lowest BCUT2D eigenvalue weighted by Gasteiger charge is -2.57. The maximum Gasteiger partial charge on any atom is 0.255 e. The third-order valence-electron chi connectivity index (χ3n) is 11.1. The first-order valence-electron chi connectivity index (χ1n) is 16.1. The van der Waals surface area contributed by atoms with Crippen molar-refractivity contribution >= 4 is 11.7 Å². The smallest absolute Gasteiger partial charge is 0.255 e. The largest absolute Gasteiger partial charge is 0.496 e. The van der Waals surface area contributed by atoms with Crippen LogP contribution < -0.4 is 14.8 Å². The topological polar surface area (TPSA) is 67.9 Å². The highest BCUT2D eigenvalue weighted by atomic mass is 16.5. The summed E-state index contributed by atoms with van der Waals surface area (Å²) in [6.07, 6.45) is 6.50. The molecule has 0 unspecified atom stereocenters. The predicted octanol–water partition coefficient (Wildman–Crippen LogP) is 5.66.